The van der Waals surface area contributed by atoms with E-state index in [1.807, 2.05) is 28.8 Å². The van der Waals surface area contributed by atoms with Crippen molar-refractivity contribution in [1.82, 2.24) is 9.88 Å². The number of nitrogens with one attached hydrogen (secondary N) is 1. The van der Waals surface area contributed by atoms with Crippen LogP contribution < -0.4 is 5.32 Å². The standard InChI is InChI=1S/C18H24N4O2S/c1-2-3-10-22-15-9-5-4-8-14(15)16(17(22)23)20-21-18(25)19-12-13-7-6-11-24-13/h4-5,8-9,13,23H,2-3,6-7,10-12H2,1H3,(H,19,25)/t13-/m1/s1. The van der Waals surface area contributed by atoms with E-state index < -0.39 is 0 Å². The van der Waals surface area contributed by atoms with Crippen LogP contribution in [0.5, 0.6) is 5.88 Å². The average molecular weight is 360 g/mol. The maximum Gasteiger partial charge on any atom is 0.220 e. The predicted molar refractivity (Wildman–Crippen MR) is 103 cm³/mol. The van der Waals surface area contributed by atoms with Gasteiger partial charge in [0.2, 0.25) is 11.0 Å². The molecule has 1 atom stereocenters. The van der Waals surface area contributed by atoms with Crippen LogP contribution in [0.3, 0.4) is 0 Å². The van der Waals surface area contributed by atoms with Gasteiger partial charge in [-0.2, -0.15) is 0 Å². The number of thiocarbonyl (C=S) groups is 1. The summed E-state index contributed by atoms with van der Waals surface area (Å²) in [6.45, 7) is 4.33. The normalized spacial score (nSPS) is 17.6. The van der Waals surface area contributed by atoms with Gasteiger partial charge in [0.1, 0.15) is 0 Å². The van der Waals surface area contributed by atoms with Gasteiger partial charge in [0, 0.05) is 25.1 Å². The molecule has 0 radical (unpaired) electrons. The summed E-state index contributed by atoms with van der Waals surface area (Å²) >= 11 is 5.22. The number of para-hydroxylation sites is 1. The number of aryl methyl sites for hydroxylation is 1. The van der Waals surface area contributed by atoms with Crippen molar-refractivity contribution in [3.05, 3.63) is 24.3 Å². The monoisotopic (exact) mass is 360 g/mol. The Balaban J connectivity index is 1.75. The van der Waals surface area contributed by atoms with Crippen molar-refractivity contribution in [1.29, 1.82) is 0 Å². The Morgan fingerprint density at radius 3 is 3.04 bits per heavy atom. The van der Waals surface area contributed by atoms with Crippen molar-refractivity contribution >= 4 is 33.9 Å². The van der Waals surface area contributed by atoms with Gasteiger partial charge in [0.25, 0.3) is 0 Å². The fourth-order valence-electron chi connectivity index (χ4n) is 3.05. The number of hydrogen-bond acceptors (Lipinski definition) is 4. The van der Waals surface area contributed by atoms with Gasteiger partial charge in [-0.25, -0.2) is 0 Å². The summed E-state index contributed by atoms with van der Waals surface area (Å²) < 4.78 is 7.43. The van der Waals surface area contributed by atoms with Gasteiger partial charge in [-0.05, 0) is 37.5 Å². The van der Waals surface area contributed by atoms with Gasteiger partial charge in [-0.15, -0.1) is 10.2 Å². The van der Waals surface area contributed by atoms with E-state index in [-0.39, 0.29) is 12.0 Å². The predicted octanol–water partition coefficient (Wildman–Crippen LogP) is 4.28. The zero-order chi connectivity index (χ0) is 17.6. The van der Waals surface area contributed by atoms with Crippen molar-refractivity contribution in [2.45, 2.75) is 45.3 Å². The second-order valence-electron chi connectivity index (χ2n) is 6.22. The van der Waals surface area contributed by atoms with E-state index in [0.29, 0.717) is 17.3 Å². The third kappa shape index (κ3) is 4.16. The number of ether oxygens (including phenoxy) is 1. The molecule has 2 aromatic rings. The maximum atomic E-state index is 10.6. The number of hydrogen-bond donors (Lipinski definition) is 2. The first-order chi connectivity index (χ1) is 12.2. The molecule has 0 saturated carbocycles. The first-order valence-electron chi connectivity index (χ1n) is 8.82. The molecule has 1 aromatic carbocycles. The molecule has 1 aliphatic heterocycles. The molecule has 2 N–H and O–H groups in total. The van der Waals surface area contributed by atoms with Gasteiger partial charge < -0.3 is 19.7 Å². The number of rotatable bonds is 6. The summed E-state index contributed by atoms with van der Waals surface area (Å²) in [7, 11) is 0. The van der Waals surface area contributed by atoms with Crippen LogP contribution in [0.2, 0.25) is 0 Å². The Bertz CT molecular complexity index is 766. The molecule has 2 heterocycles. The Morgan fingerprint density at radius 2 is 2.28 bits per heavy atom. The quantitative estimate of drug-likeness (QED) is 0.596. The number of aromatic hydroxyl groups is 1. The lowest BCUT2D eigenvalue weighted by Crippen LogP contribution is -2.29. The number of nitrogens with zero attached hydrogens (tertiary/aromatic N) is 3. The summed E-state index contributed by atoms with van der Waals surface area (Å²) in [5, 5.41) is 23.1. The molecule has 6 nitrogen and oxygen atoms in total. The molecular weight excluding hydrogens is 336 g/mol. The van der Waals surface area contributed by atoms with E-state index in [0.717, 1.165) is 49.7 Å². The van der Waals surface area contributed by atoms with Gasteiger partial charge in [-0.1, -0.05) is 31.5 Å². The van der Waals surface area contributed by atoms with Crippen molar-refractivity contribution < 1.29 is 9.84 Å². The highest BCUT2D eigenvalue weighted by atomic mass is 32.1. The third-order valence-electron chi connectivity index (χ3n) is 4.40. The van der Waals surface area contributed by atoms with E-state index in [1.165, 1.54) is 0 Å². The molecule has 0 unspecified atom stereocenters. The molecule has 0 aliphatic carbocycles. The van der Waals surface area contributed by atoms with Crippen LogP contribution in [0, 0.1) is 0 Å². The lowest BCUT2D eigenvalue weighted by Gasteiger charge is -2.09. The number of azo groups is 1. The highest BCUT2D eigenvalue weighted by molar-refractivity contribution is 7.80. The Kier molecular flexibility index (Phi) is 5.99. The van der Waals surface area contributed by atoms with Crippen LogP contribution in [-0.2, 0) is 11.3 Å². The minimum absolute atomic E-state index is 0.139. The first kappa shape index (κ1) is 17.8. The largest absolute Gasteiger partial charge is 0.493 e. The van der Waals surface area contributed by atoms with E-state index in [9.17, 15) is 5.11 Å². The molecule has 134 valence electrons. The SMILES string of the molecule is CCCCn1c(O)c(N=NC(=S)NC[C@H]2CCCO2)c2ccccc21. The number of fused-ring (bicyclic) bond motifs is 1. The van der Waals surface area contributed by atoms with Crippen molar-refractivity contribution in [3.8, 4) is 5.88 Å². The minimum atomic E-state index is 0.139. The Hall–Kier alpha value is -1.99. The smallest absolute Gasteiger partial charge is 0.220 e. The van der Waals surface area contributed by atoms with Crippen LogP contribution in [-0.4, -0.2) is 34.0 Å². The zero-order valence-electron chi connectivity index (χ0n) is 14.4. The van der Waals surface area contributed by atoms with Crippen LogP contribution in [0.4, 0.5) is 5.69 Å². The topological polar surface area (TPSA) is 71.1 Å². The number of unbranched alkanes of at least 4 members (excludes halogenated alkanes) is 1. The van der Waals surface area contributed by atoms with Gasteiger partial charge in [0.05, 0.1) is 11.6 Å². The molecule has 3 rings (SSSR count). The summed E-state index contributed by atoms with van der Waals surface area (Å²) in [5.74, 6) is 0.139. The molecule has 25 heavy (non-hydrogen) atoms. The minimum Gasteiger partial charge on any atom is -0.493 e. The van der Waals surface area contributed by atoms with E-state index in [1.54, 1.807) is 0 Å². The molecule has 1 fully saturated rings. The molecule has 1 saturated heterocycles. The molecule has 0 spiro atoms. The highest BCUT2D eigenvalue weighted by Crippen LogP contribution is 2.38. The zero-order valence-corrected chi connectivity index (χ0v) is 15.3. The molecule has 0 bridgehead atoms. The van der Waals surface area contributed by atoms with Gasteiger partial charge in [0.15, 0.2) is 5.69 Å². The molecule has 1 aliphatic rings. The highest BCUT2D eigenvalue weighted by Gasteiger charge is 2.17. The van der Waals surface area contributed by atoms with E-state index in [2.05, 4.69) is 22.5 Å². The number of benzene rings is 1. The third-order valence-corrected chi connectivity index (χ3v) is 4.62. The summed E-state index contributed by atoms with van der Waals surface area (Å²) in [5.41, 5.74) is 1.42. The molecule has 7 heteroatoms. The Morgan fingerprint density at radius 1 is 1.44 bits per heavy atom. The van der Waals surface area contributed by atoms with Crippen molar-refractivity contribution in [2.75, 3.05) is 13.2 Å². The molecule has 0 amide bonds. The van der Waals surface area contributed by atoms with Crippen LogP contribution in [0.25, 0.3) is 10.9 Å². The van der Waals surface area contributed by atoms with Crippen LogP contribution >= 0.6 is 12.2 Å². The molecular formula is C18H24N4O2S. The van der Waals surface area contributed by atoms with E-state index >= 15 is 0 Å². The first-order valence-corrected chi connectivity index (χ1v) is 9.23. The van der Waals surface area contributed by atoms with Gasteiger partial charge in [-0.3, -0.25) is 0 Å². The summed E-state index contributed by atoms with van der Waals surface area (Å²) in [6, 6.07) is 7.81. The molecule has 1 aromatic heterocycles. The maximum absolute atomic E-state index is 10.6. The van der Waals surface area contributed by atoms with E-state index in [4.69, 9.17) is 17.0 Å². The average Bonchev–Trinajstić information content (AvgIpc) is 3.23. The lowest BCUT2D eigenvalue weighted by molar-refractivity contribution is 0.114. The fourth-order valence-corrected chi connectivity index (χ4v) is 3.17. The van der Waals surface area contributed by atoms with Crippen molar-refractivity contribution in [2.24, 2.45) is 10.2 Å². The van der Waals surface area contributed by atoms with Gasteiger partial charge >= 0.3 is 0 Å². The second kappa shape index (κ2) is 8.40. The Labute approximate surface area is 152 Å². The van der Waals surface area contributed by atoms with Crippen LogP contribution in [0.15, 0.2) is 34.5 Å². The lowest BCUT2D eigenvalue weighted by atomic mass is 10.2. The van der Waals surface area contributed by atoms with Crippen LogP contribution in [0.1, 0.15) is 32.6 Å². The summed E-state index contributed by atoms with van der Waals surface area (Å²) in [4.78, 5) is 0. The summed E-state index contributed by atoms with van der Waals surface area (Å²) in [6.07, 6.45) is 4.37. The fraction of sp³-hybridized carbons (Fsp3) is 0.500. The van der Waals surface area contributed by atoms with Crippen molar-refractivity contribution in [3.63, 3.8) is 0 Å². The second-order valence-corrected chi connectivity index (χ2v) is 6.60. The number of aromatic nitrogens is 1.